The first-order valence-corrected chi connectivity index (χ1v) is 9.13. The number of carbonyl (C=O) groups is 1. The standard InChI is InChI=1S/C18H23N3OS/c1-12(2)16-11-17(21-20-16)18(22)19-13-7-9-15(10-8-13)23-14-5-3-4-6-14/h7-12,14H,3-6H2,1-2H3,(H,19,22)(H,20,21). The van der Waals surface area contributed by atoms with Gasteiger partial charge in [0.1, 0.15) is 0 Å². The Morgan fingerprint density at radius 2 is 1.96 bits per heavy atom. The third-order valence-corrected chi connectivity index (χ3v) is 5.52. The Morgan fingerprint density at radius 3 is 2.57 bits per heavy atom. The molecule has 0 unspecified atom stereocenters. The van der Waals surface area contributed by atoms with E-state index in [1.807, 2.05) is 30.0 Å². The van der Waals surface area contributed by atoms with Gasteiger partial charge in [0, 0.05) is 21.5 Å². The number of benzene rings is 1. The first-order chi connectivity index (χ1) is 11.1. The number of carbonyl (C=O) groups excluding carboxylic acids is 1. The Bertz CT molecular complexity index is 657. The molecule has 23 heavy (non-hydrogen) atoms. The molecule has 0 atom stereocenters. The van der Waals surface area contributed by atoms with Gasteiger partial charge in [0.05, 0.1) is 0 Å². The van der Waals surface area contributed by atoms with Gasteiger partial charge in [-0.2, -0.15) is 5.10 Å². The molecule has 2 N–H and O–H groups in total. The topological polar surface area (TPSA) is 57.8 Å². The molecule has 5 heteroatoms. The van der Waals surface area contributed by atoms with Crippen LogP contribution in [-0.4, -0.2) is 21.4 Å². The third kappa shape index (κ3) is 4.16. The molecule has 4 nitrogen and oxygen atoms in total. The molecule has 0 spiro atoms. The fourth-order valence-electron chi connectivity index (χ4n) is 2.76. The Morgan fingerprint density at radius 1 is 1.26 bits per heavy atom. The summed E-state index contributed by atoms with van der Waals surface area (Å²) >= 11 is 1.95. The quantitative estimate of drug-likeness (QED) is 0.827. The molecule has 1 saturated carbocycles. The van der Waals surface area contributed by atoms with E-state index in [9.17, 15) is 4.79 Å². The summed E-state index contributed by atoms with van der Waals surface area (Å²) in [5, 5.41) is 10.6. The smallest absolute Gasteiger partial charge is 0.276 e. The number of amides is 1. The van der Waals surface area contributed by atoms with Crippen LogP contribution in [0.4, 0.5) is 5.69 Å². The van der Waals surface area contributed by atoms with Crippen LogP contribution in [-0.2, 0) is 0 Å². The largest absolute Gasteiger partial charge is 0.321 e. The molecule has 0 saturated heterocycles. The number of hydrogen-bond acceptors (Lipinski definition) is 3. The van der Waals surface area contributed by atoms with Crippen molar-refractivity contribution >= 4 is 23.4 Å². The van der Waals surface area contributed by atoms with Gasteiger partial charge in [0.15, 0.2) is 5.69 Å². The lowest BCUT2D eigenvalue weighted by molar-refractivity contribution is 0.102. The molecule has 0 bridgehead atoms. The maximum atomic E-state index is 12.2. The summed E-state index contributed by atoms with van der Waals surface area (Å²) in [6.45, 7) is 4.13. The van der Waals surface area contributed by atoms with E-state index in [0.717, 1.165) is 16.6 Å². The molecule has 1 aromatic heterocycles. The summed E-state index contributed by atoms with van der Waals surface area (Å²) in [5.74, 6) is 0.153. The van der Waals surface area contributed by atoms with E-state index in [4.69, 9.17) is 0 Å². The molecule has 0 radical (unpaired) electrons. The Balaban J connectivity index is 1.59. The van der Waals surface area contributed by atoms with Gasteiger partial charge < -0.3 is 5.32 Å². The predicted molar refractivity (Wildman–Crippen MR) is 95.2 cm³/mol. The predicted octanol–water partition coefficient (Wildman–Crippen LogP) is 4.82. The normalized spacial score (nSPS) is 15.3. The summed E-state index contributed by atoms with van der Waals surface area (Å²) < 4.78 is 0. The molecular weight excluding hydrogens is 306 g/mol. The number of anilines is 1. The maximum absolute atomic E-state index is 12.2. The number of aromatic amines is 1. The van der Waals surface area contributed by atoms with E-state index in [1.165, 1.54) is 30.6 Å². The Hall–Kier alpha value is -1.75. The zero-order chi connectivity index (χ0) is 16.2. The van der Waals surface area contributed by atoms with Crippen molar-refractivity contribution < 1.29 is 4.79 Å². The summed E-state index contributed by atoms with van der Waals surface area (Å²) in [6.07, 6.45) is 5.35. The summed E-state index contributed by atoms with van der Waals surface area (Å²) in [4.78, 5) is 13.5. The number of hydrogen-bond donors (Lipinski definition) is 2. The second kappa shape index (κ2) is 7.21. The van der Waals surface area contributed by atoms with Gasteiger partial charge >= 0.3 is 0 Å². The van der Waals surface area contributed by atoms with Crippen molar-refractivity contribution in [1.82, 2.24) is 10.2 Å². The molecule has 1 aliphatic rings. The van der Waals surface area contributed by atoms with Crippen molar-refractivity contribution in [3.8, 4) is 0 Å². The zero-order valence-electron chi connectivity index (χ0n) is 13.6. The molecule has 1 fully saturated rings. The first-order valence-electron chi connectivity index (χ1n) is 8.25. The highest BCUT2D eigenvalue weighted by Gasteiger charge is 2.16. The van der Waals surface area contributed by atoms with Crippen LogP contribution in [0.2, 0.25) is 0 Å². The number of nitrogens with zero attached hydrogens (tertiary/aromatic N) is 1. The first kappa shape index (κ1) is 16.1. The van der Waals surface area contributed by atoms with Crippen LogP contribution < -0.4 is 5.32 Å². The van der Waals surface area contributed by atoms with Crippen LogP contribution in [0.25, 0.3) is 0 Å². The van der Waals surface area contributed by atoms with Crippen molar-refractivity contribution in [3.63, 3.8) is 0 Å². The number of aromatic nitrogens is 2. The van der Waals surface area contributed by atoms with Crippen LogP contribution in [0, 0.1) is 0 Å². The van der Waals surface area contributed by atoms with E-state index in [0.29, 0.717) is 11.6 Å². The SMILES string of the molecule is CC(C)c1cc(C(=O)Nc2ccc(SC3CCCC3)cc2)n[nH]1. The van der Waals surface area contributed by atoms with Crippen LogP contribution in [0.5, 0.6) is 0 Å². The van der Waals surface area contributed by atoms with Gasteiger partial charge in [-0.25, -0.2) is 0 Å². The second-order valence-corrected chi connectivity index (χ2v) is 7.74. The highest BCUT2D eigenvalue weighted by atomic mass is 32.2. The maximum Gasteiger partial charge on any atom is 0.276 e. The van der Waals surface area contributed by atoms with Crippen molar-refractivity contribution in [3.05, 3.63) is 41.7 Å². The second-order valence-electron chi connectivity index (χ2n) is 6.37. The van der Waals surface area contributed by atoms with E-state index in [2.05, 4.69) is 41.5 Å². The molecular formula is C18H23N3OS. The number of nitrogens with one attached hydrogen (secondary N) is 2. The molecule has 1 amide bonds. The highest BCUT2D eigenvalue weighted by molar-refractivity contribution is 8.00. The van der Waals surface area contributed by atoms with Crippen molar-refractivity contribution in [2.24, 2.45) is 0 Å². The van der Waals surface area contributed by atoms with E-state index in [1.54, 1.807) is 0 Å². The van der Waals surface area contributed by atoms with Crippen LogP contribution in [0.15, 0.2) is 35.2 Å². The number of H-pyrrole nitrogens is 1. The van der Waals surface area contributed by atoms with Gasteiger partial charge in [-0.15, -0.1) is 11.8 Å². The van der Waals surface area contributed by atoms with Crippen molar-refractivity contribution in [2.75, 3.05) is 5.32 Å². The minimum atomic E-state index is -0.177. The van der Waals surface area contributed by atoms with Crippen LogP contribution >= 0.6 is 11.8 Å². The van der Waals surface area contributed by atoms with Crippen molar-refractivity contribution in [1.29, 1.82) is 0 Å². The average molecular weight is 329 g/mol. The van der Waals surface area contributed by atoms with Crippen LogP contribution in [0.1, 0.15) is 61.6 Å². The Labute approximate surface area is 141 Å². The minimum absolute atomic E-state index is 0.177. The van der Waals surface area contributed by atoms with Gasteiger partial charge in [-0.1, -0.05) is 26.7 Å². The molecule has 122 valence electrons. The fraction of sp³-hybridized carbons (Fsp3) is 0.444. The average Bonchev–Trinajstić information content (AvgIpc) is 3.20. The minimum Gasteiger partial charge on any atom is -0.321 e. The molecule has 2 aromatic rings. The lowest BCUT2D eigenvalue weighted by Gasteiger charge is -2.09. The Kier molecular flexibility index (Phi) is 5.06. The number of rotatable bonds is 5. The molecule has 0 aliphatic heterocycles. The zero-order valence-corrected chi connectivity index (χ0v) is 14.5. The summed E-state index contributed by atoms with van der Waals surface area (Å²) in [5.41, 5.74) is 2.21. The molecule has 1 aliphatic carbocycles. The molecule has 1 aromatic carbocycles. The number of thioether (sulfide) groups is 1. The van der Waals surface area contributed by atoms with Gasteiger partial charge in [-0.3, -0.25) is 9.89 Å². The van der Waals surface area contributed by atoms with Gasteiger partial charge in [-0.05, 0) is 49.1 Å². The fourth-order valence-corrected chi connectivity index (χ4v) is 4.01. The van der Waals surface area contributed by atoms with Crippen LogP contribution in [0.3, 0.4) is 0 Å². The van der Waals surface area contributed by atoms with E-state index in [-0.39, 0.29) is 5.91 Å². The van der Waals surface area contributed by atoms with Gasteiger partial charge in [0.2, 0.25) is 0 Å². The lowest BCUT2D eigenvalue weighted by Crippen LogP contribution is -2.12. The monoisotopic (exact) mass is 329 g/mol. The summed E-state index contributed by atoms with van der Waals surface area (Å²) in [7, 11) is 0. The van der Waals surface area contributed by atoms with E-state index < -0.39 is 0 Å². The van der Waals surface area contributed by atoms with Gasteiger partial charge in [0.25, 0.3) is 5.91 Å². The molecule has 3 rings (SSSR count). The highest BCUT2D eigenvalue weighted by Crippen LogP contribution is 2.34. The summed E-state index contributed by atoms with van der Waals surface area (Å²) in [6, 6.07) is 9.91. The third-order valence-electron chi connectivity index (χ3n) is 4.17. The lowest BCUT2D eigenvalue weighted by atomic mass is 10.1. The van der Waals surface area contributed by atoms with E-state index >= 15 is 0 Å². The molecule has 1 heterocycles. The van der Waals surface area contributed by atoms with Crippen molar-refractivity contribution in [2.45, 2.75) is 55.6 Å².